The molecule has 14 heavy (non-hydrogen) atoms. The van der Waals surface area contributed by atoms with Crippen molar-refractivity contribution < 1.29 is 4.39 Å². The minimum absolute atomic E-state index is 0.0675. The van der Waals surface area contributed by atoms with Gasteiger partial charge in [-0.1, -0.05) is 25.8 Å². The number of benzene rings is 1. The quantitative estimate of drug-likeness (QED) is 0.631. The summed E-state index contributed by atoms with van der Waals surface area (Å²) < 4.78 is 13.3. The zero-order chi connectivity index (χ0) is 10.6. The van der Waals surface area contributed by atoms with Crippen LogP contribution >= 0.6 is 0 Å². The third kappa shape index (κ3) is 2.57. The third-order valence-electron chi connectivity index (χ3n) is 2.80. The second kappa shape index (κ2) is 5.14. The van der Waals surface area contributed by atoms with Crippen LogP contribution in [0.4, 0.5) is 4.39 Å². The van der Waals surface area contributed by atoms with E-state index in [-0.39, 0.29) is 5.82 Å². The molecule has 1 aromatic carbocycles. The van der Waals surface area contributed by atoms with Gasteiger partial charge in [-0.3, -0.25) is 0 Å². The molecular formula is C13H19F. The van der Waals surface area contributed by atoms with E-state index in [9.17, 15) is 4.39 Å². The van der Waals surface area contributed by atoms with Crippen molar-refractivity contribution in [2.75, 3.05) is 0 Å². The van der Waals surface area contributed by atoms with Gasteiger partial charge in [0.05, 0.1) is 0 Å². The van der Waals surface area contributed by atoms with Crippen molar-refractivity contribution in [2.45, 2.75) is 46.5 Å². The van der Waals surface area contributed by atoms with Crippen molar-refractivity contribution in [2.24, 2.45) is 0 Å². The second-order valence-electron chi connectivity index (χ2n) is 3.92. The van der Waals surface area contributed by atoms with E-state index in [0.29, 0.717) is 0 Å². The molecule has 0 saturated carbocycles. The van der Waals surface area contributed by atoms with Crippen molar-refractivity contribution in [1.82, 2.24) is 0 Å². The molecule has 78 valence electrons. The highest BCUT2D eigenvalue weighted by Crippen LogP contribution is 2.19. The van der Waals surface area contributed by atoms with Crippen LogP contribution in [-0.2, 0) is 6.42 Å². The number of rotatable bonds is 4. The Morgan fingerprint density at radius 2 is 1.86 bits per heavy atom. The van der Waals surface area contributed by atoms with Crippen LogP contribution in [0.1, 0.15) is 42.9 Å². The summed E-state index contributed by atoms with van der Waals surface area (Å²) in [5.41, 5.74) is 3.26. The largest absolute Gasteiger partial charge is 0.207 e. The minimum Gasteiger partial charge on any atom is -0.207 e. The number of hydrogen-bond acceptors (Lipinski definition) is 0. The molecule has 0 aliphatic carbocycles. The first-order valence-electron chi connectivity index (χ1n) is 5.41. The lowest BCUT2D eigenvalue weighted by Gasteiger charge is -2.09. The summed E-state index contributed by atoms with van der Waals surface area (Å²) in [5, 5.41) is 0. The lowest BCUT2D eigenvalue weighted by molar-refractivity contribution is 0.611. The van der Waals surface area contributed by atoms with Crippen molar-refractivity contribution in [3.05, 3.63) is 34.6 Å². The predicted octanol–water partition coefficient (Wildman–Crippen LogP) is 4.18. The fraction of sp³-hybridized carbons (Fsp3) is 0.538. The standard InChI is InChI=1S/C13H19F/c1-4-5-6-7-12-10(2)8-9-13(14)11(12)3/h8-9H,4-7H2,1-3H3. The maximum atomic E-state index is 13.3. The molecule has 0 aliphatic heterocycles. The van der Waals surface area contributed by atoms with E-state index in [1.807, 2.05) is 13.0 Å². The first-order chi connectivity index (χ1) is 6.66. The first kappa shape index (κ1) is 11.2. The van der Waals surface area contributed by atoms with Gasteiger partial charge in [0.25, 0.3) is 0 Å². The van der Waals surface area contributed by atoms with E-state index in [2.05, 4.69) is 13.8 Å². The maximum absolute atomic E-state index is 13.3. The van der Waals surface area contributed by atoms with Crippen LogP contribution < -0.4 is 0 Å². The van der Waals surface area contributed by atoms with E-state index < -0.39 is 0 Å². The topological polar surface area (TPSA) is 0 Å². The average molecular weight is 194 g/mol. The van der Waals surface area contributed by atoms with E-state index in [1.54, 1.807) is 6.07 Å². The van der Waals surface area contributed by atoms with Crippen molar-refractivity contribution >= 4 is 0 Å². The normalized spacial score (nSPS) is 10.6. The molecule has 0 aliphatic rings. The van der Waals surface area contributed by atoms with Gasteiger partial charge in [0.15, 0.2) is 0 Å². The van der Waals surface area contributed by atoms with Crippen molar-refractivity contribution in [3.8, 4) is 0 Å². The number of unbranched alkanes of at least 4 members (excludes halogenated alkanes) is 2. The summed E-state index contributed by atoms with van der Waals surface area (Å²) in [4.78, 5) is 0. The smallest absolute Gasteiger partial charge is 0.126 e. The van der Waals surface area contributed by atoms with Gasteiger partial charge in [-0.25, -0.2) is 4.39 Å². The van der Waals surface area contributed by atoms with E-state index >= 15 is 0 Å². The molecule has 0 N–H and O–H groups in total. The Morgan fingerprint density at radius 1 is 1.14 bits per heavy atom. The summed E-state index contributed by atoms with van der Waals surface area (Å²) in [7, 11) is 0. The van der Waals surface area contributed by atoms with E-state index in [1.165, 1.54) is 30.4 Å². The monoisotopic (exact) mass is 194 g/mol. The van der Waals surface area contributed by atoms with Crippen LogP contribution in [-0.4, -0.2) is 0 Å². The lowest BCUT2D eigenvalue weighted by Crippen LogP contribution is -1.97. The highest BCUT2D eigenvalue weighted by atomic mass is 19.1. The number of aryl methyl sites for hydroxylation is 1. The Morgan fingerprint density at radius 3 is 2.50 bits per heavy atom. The summed E-state index contributed by atoms with van der Waals surface area (Å²) in [6.45, 7) is 6.13. The highest BCUT2D eigenvalue weighted by molar-refractivity contribution is 5.34. The Hall–Kier alpha value is -0.850. The number of hydrogen-bond donors (Lipinski definition) is 0. The molecule has 0 amide bonds. The summed E-state index contributed by atoms with van der Waals surface area (Å²) >= 11 is 0. The molecule has 1 heteroatoms. The summed E-state index contributed by atoms with van der Waals surface area (Å²) in [6, 6.07) is 3.44. The zero-order valence-corrected chi connectivity index (χ0v) is 9.36. The first-order valence-corrected chi connectivity index (χ1v) is 5.41. The Labute approximate surface area is 86.2 Å². The molecule has 0 nitrogen and oxygen atoms in total. The van der Waals surface area contributed by atoms with Gasteiger partial charge in [-0.05, 0) is 49.4 Å². The highest BCUT2D eigenvalue weighted by Gasteiger charge is 2.06. The van der Waals surface area contributed by atoms with Gasteiger partial charge in [0.1, 0.15) is 5.82 Å². The molecule has 0 heterocycles. The molecule has 0 radical (unpaired) electrons. The molecule has 0 unspecified atom stereocenters. The van der Waals surface area contributed by atoms with Crippen LogP contribution in [0.3, 0.4) is 0 Å². The van der Waals surface area contributed by atoms with Gasteiger partial charge in [-0.2, -0.15) is 0 Å². The zero-order valence-electron chi connectivity index (χ0n) is 9.36. The molecule has 0 bridgehead atoms. The van der Waals surface area contributed by atoms with Crippen LogP contribution in [0, 0.1) is 19.7 Å². The molecule has 0 spiro atoms. The second-order valence-corrected chi connectivity index (χ2v) is 3.92. The predicted molar refractivity (Wildman–Crippen MR) is 59.1 cm³/mol. The molecule has 0 aromatic heterocycles. The van der Waals surface area contributed by atoms with Gasteiger partial charge in [-0.15, -0.1) is 0 Å². The Balaban J connectivity index is 2.79. The Kier molecular flexibility index (Phi) is 4.12. The molecule has 1 aromatic rings. The third-order valence-corrected chi connectivity index (χ3v) is 2.80. The van der Waals surface area contributed by atoms with E-state index in [4.69, 9.17) is 0 Å². The van der Waals surface area contributed by atoms with Gasteiger partial charge in [0, 0.05) is 0 Å². The maximum Gasteiger partial charge on any atom is 0.126 e. The van der Waals surface area contributed by atoms with Crippen LogP contribution in [0.25, 0.3) is 0 Å². The van der Waals surface area contributed by atoms with Crippen LogP contribution in [0.15, 0.2) is 12.1 Å². The fourth-order valence-corrected chi connectivity index (χ4v) is 1.80. The summed E-state index contributed by atoms with van der Waals surface area (Å²) in [5.74, 6) is -0.0675. The van der Waals surface area contributed by atoms with Gasteiger partial charge in [0.2, 0.25) is 0 Å². The number of halogens is 1. The molecule has 0 fully saturated rings. The molecule has 1 rings (SSSR count). The fourth-order valence-electron chi connectivity index (χ4n) is 1.80. The van der Waals surface area contributed by atoms with Crippen molar-refractivity contribution in [3.63, 3.8) is 0 Å². The summed E-state index contributed by atoms with van der Waals surface area (Å²) in [6.07, 6.45) is 4.63. The lowest BCUT2D eigenvalue weighted by atomic mass is 9.97. The van der Waals surface area contributed by atoms with Gasteiger partial charge >= 0.3 is 0 Å². The SMILES string of the molecule is CCCCCc1c(C)ccc(F)c1C. The minimum atomic E-state index is -0.0675. The average Bonchev–Trinajstić information content (AvgIpc) is 2.18. The Bertz CT molecular complexity index is 302. The van der Waals surface area contributed by atoms with E-state index in [0.717, 1.165) is 12.0 Å². The van der Waals surface area contributed by atoms with Crippen LogP contribution in [0.5, 0.6) is 0 Å². The molecular weight excluding hydrogens is 175 g/mol. The molecule has 0 atom stereocenters. The van der Waals surface area contributed by atoms with Crippen LogP contribution in [0.2, 0.25) is 0 Å². The van der Waals surface area contributed by atoms with Crippen molar-refractivity contribution in [1.29, 1.82) is 0 Å². The van der Waals surface area contributed by atoms with Gasteiger partial charge < -0.3 is 0 Å². The molecule has 0 saturated heterocycles.